The largest absolute Gasteiger partial charge is 0.481 e. The number of carbonyl (C=O) groups excluding carboxylic acids is 1. The summed E-state index contributed by atoms with van der Waals surface area (Å²) in [7, 11) is 0. The lowest BCUT2D eigenvalue weighted by atomic mass is 10.1. The number of amides is 2. The van der Waals surface area contributed by atoms with Gasteiger partial charge in [-0.2, -0.15) is 0 Å². The van der Waals surface area contributed by atoms with Gasteiger partial charge in [-0.05, 0) is 36.4 Å². The van der Waals surface area contributed by atoms with Crippen LogP contribution in [0.5, 0.6) is 0 Å². The highest BCUT2D eigenvalue weighted by Gasteiger charge is 2.30. The second-order valence-corrected chi connectivity index (χ2v) is 5.73. The molecule has 2 N–H and O–H groups in total. The van der Waals surface area contributed by atoms with Crippen molar-refractivity contribution in [2.24, 2.45) is 5.92 Å². The molecule has 0 aliphatic carbocycles. The first kappa shape index (κ1) is 15.6. The first-order chi connectivity index (χ1) is 10.0. The van der Waals surface area contributed by atoms with Crippen LogP contribution in [-0.2, 0) is 11.3 Å². The smallest absolute Gasteiger partial charge is 0.317 e. The summed E-state index contributed by atoms with van der Waals surface area (Å²) in [6.45, 7) is 0.877. The molecule has 1 atom stereocenters. The second kappa shape index (κ2) is 6.80. The number of hydrogen-bond acceptors (Lipinski definition) is 3. The van der Waals surface area contributed by atoms with Gasteiger partial charge in [0.1, 0.15) is 5.82 Å². The van der Waals surface area contributed by atoms with Crippen LogP contribution in [0.1, 0.15) is 12.0 Å². The summed E-state index contributed by atoms with van der Waals surface area (Å²) in [5.41, 5.74) is 0.713. The fraction of sp³-hybridized carbons (Fsp3) is 0.429. The number of carboxylic acid groups (broad SMARTS) is 1. The number of thioether (sulfide) groups is 1. The van der Waals surface area contributed by atoms with E-state index in [1.807, 2.05) is 6.26 Å². The molecule has 2 rings (SSSR count). The Balaban J connectivity index is 1.93. The molecule has 0 radical (unpaired) electrons. The van der Waals surface area contributed by atoms with Gasteiger partial charge < -0.3 is 15.3 Å². The van der Waals surface area contributed by atoms with E-state index in [4.69, 9.17) is 5.11 Å². The van der Waals surface area contributed by atoms with E-state index < -0.39 is 11.9 Å². The number of nitrogens with one attached hydrogen (secondary N) is 1. The zero-order valence-corrected chi connectivity index (χ0v) is 12.5. The molecule has 7 heteroatoms. The number of halogens is 1. The highest BCUT2D eigenvalue weighted by molar-refractivity contribution is 7.98. The predicted molar refractivity (Wildman–Crippen MR) is 77.7 cm³/mol. The van der Waals surface area contributed by atoms with Crippen molar-refractivity contribution in [3.8, 4) is 0 Å². The second-order valence-electron chi connectivity index (χ2n) is 4.88. The Morgan fingerprint density at radius 2 is 2.29 bits per heavy atom. The summed E-state index contributed by atoms with van der Waals surface area (Å²) in [4.78, 5) is 25.2. The molecule has 1 heterocycles. The van der Waals surface area contributed by atoms with Crippen LogP contribution in [0.4, 0.5) is 9.18 Å². The summed E-state index contributed by atoms with van der Waals surface area (Å²) in [6, 6.07) is 4.15. The monoisotopic (exact) mass is 312 g/mol. The first-order valence-electron chi connectivity index (χ1n) is 6.59. The molecule has 1 aromatic carbocycles. The molecule has 0 aromatic heterocycles. The molecular formula is C14H17FN2O3S. The zero-order valence-electron chi connectivity index (χ0n) is 11.6. The Morgan fingerprint density at radius 3 is 2.90 bits per heavy atom. The molecular weight excluding hydrogens is 295 g/mol. The van der Waals surface area contributed by atoms with Crippen LogP contribution in [0, 0.1) is 11.7 Å². The van der Waals surface area contributed by atoms with Crippen LogP contribution in [-0.4, -0.2) is 41.4 Å². The van der Waals surface area contributed by atoms with Crippen LogP contribution in [0.2, 0.25) is 0 Å². The van der Waals surface area contributed by atoms with Gasteiger partial charge in [0.15, 0.2) is 0 Å². The van der Waals surface area contributed by atoms with Crippen LogP contribution < -0.4 is 5.32 Å². The summed E-state index contributed by atoms with van der Waals surface area (Å²) >= 11 is 1.48. The summed E-state index contributed by atoms with van der Waals surface area (Å²) < 4.78 is 13.3. The number of benzene rings is 1. The maximum atomic E-state index is 13.3. The average molecular weight is 312 g/mol. The van der Waals surface area contributed by atoms with Crippen LogP contribution in [0.15, 0.2) is 23.1 Å². The molecule has 1 aromatic rings. The first-order valence-corrected chi connectivity index (χ1v) is 7.81. The quantitative estimate of drug-likeness (QED) is 0.836. The van der Waals surface area contributed by atoms with Crippen LogP contribution in [0.3, 0.4) is 0 Å². The summed E-state index contributed by atoms with van der Waals surface area (Å²) in [6.07, 6.45) is 2.36. The standard InChI is InChI=1S/C14H17FN2O3S/c1-21-12-3-2-11(15)6-10(12)7-16-14(20)17-5-4-9(8-17)13(18)19/h2-3,6,9H,4-5,7-8H2,1H3,(H,16,20)(H,18,19). The SMILES string of the molecule is CSc1ccc(F)cc1CNC(=O)N1CCC(C(=O)O)C1. The van der Waals surface area contributed by atoms with Gasteiger partial charge in [-0.25, -0.2) is 9.18 Å². The van der Waals surface area contributed by atoms with E-state index in [1.165, 1.54) is 28.8 Å². The minimum absolute atomic E-state index is 0.222. The number of aliphatic carboxylic acids is 1. The van der Waals surface area contributed by atoms with Gasteiger partial charge in [0.2, 0.25) is 0 Å². The maximum Gasteiger partial charge on any atom is 0.317 e. The fourth-order valence-electron chi connectivity index (χ4n) is 2.31. The molecule has 0 spiro atoms. The van der Waals surface area contributed by atoms with Gasteiger partial charge in [0.25, 0.3) is 0 Å². The topological polar surface area (TPSA) is 69.6 Å². The van der Waals surface area contributed by atoms with Crippen LogP contribution in [0.25, 0.3) is 0 Å². The lowest BCUT2D eigenvalue weighted by molar-refractivity contribution is -0.141. The van der Waals surface area contributed by atoms with Crippen molar-refractivity contribution in [3.05, 3.63) is 29.6 Å². The van der Waals surface area contributed by atoms with E-state index in [0.717, 1.165) is 4.90 Å². The van der Waals surface area contributed by atoms with Crippen molar-refractivity contribution < 1.29 is 19.1 Å². The van der Waals surface area contributed by atoms with E-state index in [2.05, 4.69) is 5.32 Å². The minimum atomic E-state index is -0.875. The molecule has 0 saturated carbocycles. The number of carbonyl (C=O) groups is 2. The van der Waals surface area contributed by atoms with Gasteiger partial charge in [0, 0.05) is 24.5 Å². The lowest BCUT2D eigenvalue weighted by Crippen LogP contribution is -2.38. The molecule has 114 valence electrons. The van der Waals surface area contributed by atoms with Crippen molar-refractivity contribution in [2.45, 2.75) is 17.9 Å². The molecule has 1 aliphatic rings. The number of rotatable bonds is 4. The van der Waals surface area contributed by atoms with E-state index in [-0.39, 0.29) is 24.9 Å². The fourth-order valence-corrected chi connectivity index (χ4v) is 2.91. The molecule has 1 aliphatic heterocycles. The molecule has 1 saturated heterocycles. The van der Waals surface area contributed by atoms with Crippen LogP contribution >= 0.6 is 11.8 Å². The number of urea groups is 1. The van der Waals surface area contributed by atoms with E-state index in [0.29, 0.717) is 18.5 Å². The van der Waals surface area contributed by atoms with E-state index in [1.54, 1.807) is 6.07 Å². The van der Waals surface area contributed by atoms with E-state index >= 15 is 0 Å². The number of carboxylic acids is 1. The summed E-state index contributed by atoms with van der Waals surface area (Å²) in [5, 5.41) is 11.6. The lowest BCUT2D eigenvalue weighted by Gasteiger charge is -2.17. The van der Waals surface area contributed by atoms with Crippen molar-refractivity contribution in [2.75, 3.05) is 19.3 Å². The predicted octanol–water partition coefficient (Wildman–Crippen LogP) is 2.16. The van der Waals surface area contributed by atoms with Gasteiger partial charge in [-0.15, -0.1) is 11.8 Å². The molecule has 5 nitrogen and oxygen atoms in total. The third kappa shape index (κ3) is 3.87. The summed E-state index contributed by atoms with van der Waals surface area (Å²) in [5.74, 6) is -1.71. The normalized spacial score (nSPS) is 17.8. The molecule has 1 fully saturated rings. The zero-order chi connectivity index (χ0) is 15.4. The van der Waals surface area contributed by atoms with Gasteiger partial charge in [-0.1, -0.05) is 0 Å². The Hall–Kier alpha value is -1.76. The molecule has 1 unspecified atom stereocenters. The Bertz CT molecular complexity index is 553. The van der Waals surface area contributed by atoms with E-state index in [9.17, 15) is 14.0 Å². The van der Waals surface area contributed by atoms with Crippen molar-refractivity contribution in [1.29, 1.82) is 0 Å². The Labute approximate surface area is 126 Å². The Morgan fingerprint density at radius 1 is 1.52 bits per heavy atom. The number of hydrogen-bond donors (Lipinski definition) is 2. The number of likely N-dealkylation sites (tertiary alicyclic amines) is 1. The van der Waals surface area contributed by atoms with Gasteiger partial charge in [-0.3, -0.25) is 4.79 Å². The van der Waals surface area contributed by atoms with Gasteiger partial charge >= 0.3 is 12.0 Å². The maximum absolute atomic E-state index is 13.3. The average Bonchev–Trinajstić information content (AvgIpc) is 2.95. The highest BCUT2D eigenvalue weighted by Crippen LogP contribution is 2.21. The number of nitrogens with zero attached hydrogens (tertiary/aromatic N) is 1. The van der Waals surface area contributed by atoms with Crippen molar-refractivity contribution in [1.82, 2.24) is 10.2 Å². The highest BCUT2D eigenvalue weighted by atomic mass is 32.2. The third-order valence-corrected chi connectivity index (χ3v) is 4.34. The van der Waals surface area contributed by atoms with Crippen molar-refractivity contribution in [3.63, 3.8) is 0 Å². The van der Waals surface area contributed by atoms with Gasteiger partial charge in [0.05, 0.1) is 5.92 Å². The molecule has 21 heavy (non-hydrogen) atoms. The van der Waals surface area contributed by atoms with Crippen molar-refractivity contribution >= 4 is 23.8 Å². The third-order valence-electron chi connectivity index (χ3n) is 3.50. The molecule has 2 amide bonds. The molecule has 0 bridgehead atoms. The minimum Gasteiger partial charge on any atom is -0.481 e. The Kier molecular flexibility index (Phi) is 5.06.